The summed E-state index contributed by atoms with van der Waals surface area (Å²) in [7, 11) is 0. The third-order valence-corrected chi connectivity index (χ3v) is 3.90. The molecule has 104 valence electrons. The number of nitrogens with zero attached hydrogens (tertiary/aromatic N) is 4. The summed E-state index contributed by atoms with van der Waals surface area (Å²) >= 11 is 0. The molecule has 0 aromatic carbocycles. The van der Waals surface area contributed by atoms with Crippen LogP contribution in [-0.2, 0) is 11.3 Å². The van der Waals surface area contributed by atoms with Crippen molar-refractivity contribution in [1.82, 2.24) is 14.9 Å². The van der Waals surface area contributed by atoms with Crippen molar-refractivity contribution in [3.8, 4) is 12.3 Å². The summed E-state index contributed by atoms with van der Waals surface area (Å²) in [5.41, 5.74) is 0.711. The van der Waals surface area contributed by atoms with Gasteiger partial charge in [-0.1, -0.05) is 0 Å². The first-order chi connectivity index (χ1) is 9.72. The van der Waals surface area contributed by atoms with Crippen LogP contribution in [0.4, 0.5) is 0 Å². The van der Waals surface area contributed by atoms with Crippen LogP contribution in [0.15, 0.2) is 22.8 Å². The normalized spacial score (nSPS) is 21.2. The van der Waals surface area contributed by atoms with Gasteiger partial charge < -0.3 is 9.88 Å². The van der Waals surface area contributed by atoms with E-state index in [9.17, 15) is 4.79 Å². The topological polar surface area (TPSA) is 71.6 Å². The third kappa shape index (κ3) is 2.57. The Labute approximate surface area is 117 Å². The molecular weight excluding hydrogens is 254 g/mol. The van der Waals surface area contributed by atoms with E-state index in [2.05, 4.69) is 31.0 Å². The van der Waals surface area contributed by atoms with Crippen molar-refractivity contribution in [3.05, 3.63) is 18.2 Å². The van der Waals surface area contributed by atoms with Crippen LogP contribution < -0.4 is 5.32 Å². The molecule has 6 nitrogen and oxygen atoms in total. The second-order valence-electron chi connectivity index (χ2n) is 5.31. The van der Waals surface area contributed by atoms with Crippen LogP contribution in [0.1, 0.15) is 43.8 Å². The van der Waals surface area contributed by atoms with E-state index < -0.39 is 0 Å². The Morgan fingerprint density at radius 1 is 1.55 bits per heavy atom. The van der Waals surface area contributed by atoms with Crippen molar-refractivity contribution in [2.24, 2.45) is 10.2 Å². The number of terminal acetylenes is 1. The molecule has 1 unspecified atom stereocenters. The van der Waals surface area contributed by atoms with Gasteiger partial charge in [0.2, 0.25) is 5.91 Å². The van der Waals surface area contributed by atoms with Gasteiger partial charge in [-0.05, 0) is 6.42 Å². The van der Waals surface area contributed by atoms with Crippen molar-refractivity contribution in [3.63, 3.8) is 0 Å². The highest BCUT2D eigenvalue weighted by Gasteiger charge is 2.39. The molecule has 3 heterocycles. The smallest absolute Gasteiger partial charge is 0.220 e. The lowest BCUT2D eigenvalue weighted by molar-refractivity contribution is -0.122. The van der Waals surface area contributed by atoms with Gasteiger partial charge in [-0.15, -0.1) is 12.3 Å². The molecule has 0 saturated carbocycles. The molecular formula is C14H17N5O. The zero-order valence-electron chi connectivity index (χ0n) is 11.2. The molecule has 0 fully saturated rings. The van der Waals surface area contributed by atoms with E-state index >= 15 is 0 Å². The van der Waals surface area contributed by atoms with Gasteiger partial charge in [0, 0.05) is 32.2 Å². The zero-order chi connectivity index (χ0) is 14.0. The number of carbonyl (C=O) groups is 1. The Balaban J connectivity index is 1.46. The summed E-state index contributed by atoms with van der Waals surface area (Å²) in [5, 5.41) is 11.1. The maximum Gasteiger partial charge on any atom is 0.220 e. The molecule has 1 aromatic heterocycles. The van der Waals surface area contributed by atoms with E-state index in [4.69, 9.17) is 6.42 Å². The lowest BCUT2D eigenvalue weighted by atomic mass is 10.0. The summed E-state index contributed by atoms with van der Waals surface area (Å²) < 4.78 is 2.07. The fraction of sp³-hybridized carbons (Fsp3) is 0.571. The van der Waals surface area contributed by atoms with E-state index in [1.165, 1.54) is 0 Å². The van der Waals surface area contributed by atoms with Crippen molar-refractivity contribution in [2.75, 3.05) is 0 Å². The number of aryl methyl sites for hydroxylation is 1. The van der Waals surface area contributed by atoms with E-state index in [1.54, 1.807) is 6.33 Å². The van der Waals surface area contributed by atoms with Gasteiger partial charge >= 0.3 is 0 Å². The summed E-state index contributed by atoms with van der Waals surface area (Å²) in [6.07, 6.45) is 12.3. The number of imidazole rings is 1. The molecule has 20 heavy (non-hydrogen) atoms. The Morgan fingerprint density at radius 3 is 3.15 bits per heavy atom. The van der Waals surface area contributed by atoms with Crippen LogP contribution >= 0.6 is 0 Å². The van der Waals surface area contributed by atoms with Gasteiger partial charge in [-0.3, -0.25) is 4.79 Å². The average Bonchev–Trinajstić information content (AvgIpc) is 2.88. The summed E-state index contributed by atoms with van der Waals surface area (Å²) in [4.78, 5) is 16.1. The van der Waals surface area contributed by atoms with E-state index in [-0.39, 0.29) is 17.6 Å². The Hall–Kier alpha value is -2.16. The van der Waals surface area contributed by atoms with Crippen LogP contribution in [0.5, 0.6) is 0 Å². The van der Waals surface area contributed by atoms with Crippen molar-refractivity contribution < 1.29 is 4.79 Å². The first-order valence-corrected chi connectivity index (χ1v) is 6.89. The van der Waals surface area contributed by atoms with E-state index in [0.29, 0.717) is 19.3 Å². The molecule has 2 aliphatic heterocycles. The number of rotatable bonds is 6. The number of hydrogen-bond acceptors (Lipinski definition) is 4. The van der Waals surface area contributed by atoms with Gasteiger partial charge in [0.1, 0.15) is 0 Å². The molecule has 2 aliphatic rings. The first-order valence-electron chi connectivity index (χ1n) is 6.89. The van der Waals surface area contributed by atoms with E-state index in [1.807, 2.05) is 6.20 Å². The highest BCUT2D eigenvalue weighted by Crippen LogP contribution is 2.37. The number of hydrogen-bond donors (Lipinski definition) is 1. The van der Waals surface area contributed by atoms with Crippen LogP contribution in [0.2, 0.25) is 0 Å². The van der Waals surface area contributed by atoms with Gasteiger partial charge in [0.15, 0.2) is 5.66 Å². The largest absolute Gasteiger partial charge is 0.348 e. The van der Waals surface area contributed by atoms with Crippen LogP contribution in [0.3, 0.4) is 0 Å². The second kappa shape index (κ2) is 5.08. The van der Waals surface area contributed by atoms with Crippen molar-refractivity contribution in [2.45, 2.75) is 50.4 Å². The summed E-state index contributed by atoms with van der Waals surface area (Å²) in [6, 6.07) is 0.0831. The number of nitrogens with one attached hydrogen (secondary N) is 1. The van der Waals surface area contributed by atoms with Gasteiger partial charge in [0.25, 0.3) is 0 Å². The molecule has 1 amide bonds. The molecule has 1 atom stereocenters. The molecule has 0 aliphatic carbocycles. The minimum atomic E-state index is -0.374. The number of aromatic nitrogens is 2. The van der Waals surface area contributed by atoms with Gasteiger partial charge in [-0.25, -0.2) is 4.98 Å². The standard InChI is InChI=1S/C14H17N5O/c1-2-3-6-14(17-18-14)7-4-13(20)16-11-5-8-19-10-15-9-12(11)19/h1,9-11H,3-8H2,(H,16,20). The monoisotopic (exact) mass is 271 g/mol. The molecule has 1 N–H and O–H groups in total. The van der Waals surface area contributed by atoms with Crippen molar-refractivity contribution >= 4 is 5.91 Å². The van der Waals surface area contributed by atoms with Gasteiger partial charge in [-0.2, -0.15) is 10.2 Å². The quantitative estimate of drug-likeness (QED) is 0.801. The number of amides is 1. The molecule has 0 spiro atoms. The van der Waals surface area contributed by atoms with Gasteiger partial charge in [0.05, 0.1) is 24.3 Å². The summed E-state index contributed by atoms with van der Waals surface area (Å²) in [5.74, 6) is 2.63. The fourth-order valence-corrected chi connectivity index (χ4v) is 2.62. The maximum absolute atomic E-state index is 12.0. The molecule has 0 radical (unpaired) electrons. The molecule has 0 bridgehead atoms. The van der Waals surface area contributed by atoms with Crippen LogP contribution in [-0.4, -0.2) is 21.1 Å². The predicted octanol–water partition coefficient (Wildman–Crippen LogP) is 1.80. The number of carbonyl (C=O) groups excluding carboxylic acids is 1. The minimum Gasteiger partial charge on any atom is -0.348 e. The predicted molar refractivity (Wildman–Crippen MR) is 72.6 cm³/mol. The Morgan fingerprint density at radius 2 is 2.40 bits per heavy atom. The Kier molecular flexibility index (Phi) is 3.26. The number of fused-ring (bicyclic) bond motifs is 1. The molecule has 6 heteroatoms. The third-order valence-electron chi connectivity index (χ3n) is 3.90. The minimum absolute atomic E-state index is 0.0435. The zero-order valence-corrected chi connectivity index (χ0v) is 11.2. The lowest BCUT2D eigenvalue weighted by Crippen LogP contribution is -2.28. The lowest BCUT2D eigenvalue weighted by Gasteiger charge is -2.13. The summed E-state index contributed by atoms with van der Waals surface area (Å²) in [6.45, 7) is 0.914. The SMILES string of the molecule is C#CCCC1(CCC(=O)NC2CCn3cncc32)N=N1. The maximum atomic E-state index is 12.0. The van der Waals surface area contributed by atoms with Crippen LogP contribution in [0, 0.1) is 12.3 Å². The molecule has 3 rings (SSSR count). The fourth-order valence-electron chi connectivity index (χ4n) is 2.62. The average molecular weight is 271 g/mol. The molecule has 0 saturated heterocycles. The molecule has 1 aromatic rings. The van der Waals surface area contributed by atoms with E-state index in [0.717, 1.165) is 25.1 Å². The highest BCUT2D eigenvalue weighted by molar-refractivity contribution is 5.76. The highest BCUT2D eigenvalue weighted by atomic mass is 16.1. The van der Waals surface area contributed by atoms with Crippen molar-refractivity contribution in [1.29, 1.82) is 0 Å². The Bertz CT molecular complexity index is 577. The van der Waals surface area contributed by atoms with Crippen LogP contribution in [0.25, 0.3) is 0 Å². The first kappa shape index (κ1) is 12.9. The second-order valence-corrected chi connectivity index (χ2v) is 5.31.